The molecule has 2 fully saturated rings. The largest absolute Gasteiger partial charge is 0.370 e. The predicted molar refractivity (Wildman–Crippen MR) is 84.4 cm³/mol. The Bertz CT molecular complexity index is 448. The van der Waals surface area contributed by atoms with Crippen molar-refractivity contribution in [1.29, 1.82) is 0 Å². The lowest BCUT2D eigenvalue weighted by molar-refractivity contribution is 0.102. The quantitative estimate of drug-likeness (QED) is 0.917. The Labute approximate surface area is 122 Å². The van der Waals surface area contributed by atoms with E-state index in [-0.39, 0.29) is 0 Å². The summed E-state index contributed by atoms with van der Waals surface area (Å²) >= 11 is 0. The van der Waals surface area contributed by atoms with Crippen LogP contribution in [0.2, 0.25) is 0 Å². The average molecular weight is 274 g/mol. The fraction of sp³-hybridized carbons (Fsp3) is 0.688. The van der Waals surface area contributed by atoms with E-state index in [0.717, 1.165) is 43.2 Å². The Kier molecular flexibility index (Phi) is 4.10. The average Bonchev–Trinajstić information content (AvgIpc) is 2.48. The number of aromatic nitrogens is 1. The molecule has 4 heteroatoms. The van der Waals surface area contributed by atoms with E-state index in [1.54, 1.807) is 0 Å². The van der Waals surface area contributed by atoms with Crippen molar-refractivity contribution >= 4 is 11.6 Å². The summed E-state index contributed by atoms with van der Waals surface area (Å²) in [5.41, 5.74) is 0. The molecule has 2 unspecified atom stereocenters. The van der Waals surface area contributed by atoms with Gasteiger partial charge in [-0.15, -0.1) is 0 Å². The third-order valence-corrected chi connectivity index (χ3v) is 4.76. The Hall–Kier alpha value is -1.29. The number of anilines is 2. The van der Waals surface area contributed by atoms with Gasteiger partial charge in [-0.2, -0.15) is 0 Å². The van der Waals surface area contributed by atoms with E-state index in [0.29, 0.717) is 0 Å². The van der Waals surface area contributed by atoms with Gasteiger partial charge in [0.15, 0.2) is 0 Å². The van der Waals surface area contributed by atoms with E-state index >= 15 is 0 Å². The Balaban J connectivity index is 1.71. The number of pyridine rings is 1. The lowest BCUT2D eigenvalue weighted by Crippen LogP contribution is -2.52. The number of hydrogen-bond acceptors (Lipinski definition) is 4. The highest BCUT2D eigenvalue weighted by Crippen LogP contribution is 2.31. The van der Waals surface area contributed by atoms with E-state index < -0.39 is 0 Å². The van der Waals surface area contributed by atoms with Crippen molar-refractivity contribution in [3.63, 3.8) is 0 Å². The summed E-state index contributed by atoms with van der Waals surface area (Å²) in [4.78, 5) is 9.78. The van der Waals surface area contributed by atoms with Gasteiger partial charge in [-0.1, -0.05) is 6.07 Å². The molecule has 1 aromatic rings. The van der Waals surface area contributed by atoms with Gasteiger partial charge in [-0.3, -0.25) is 0 Å². The zero-order valence-electron chi connectivity index (χ0n) is 12.7. The fourth-order valence-electron chi connectivity index (χ4n) is 3.74. The molecule has 2 atom stereocenters. The highest BCUT2D eigenvalue weighted by molar-refractivity contribution is 5.47. The molecule has 0 amide bonds. The number of fused-ring (bicyclic) bond motifs is 1. The van der Waals surface area contributed by atoms with E-state index in [9.17, 15) is 0 Å². The molecule has 1 aromatic heterocycles. The van der Waals surface area contributed by atoms with Crippen LogP contribution in [0.4, 0.5) is 11.6 Å². The molecule has 20 heavy (non-hydrogen) atoms. The monoisotopic (exact) mass is 274 g/mol. The lowest BCUT2D eigenvalue weighted by atomic mass is 9.84. The Morgan fingerprint density at radius 1 is 1.30 bits per heavy atom. The second-order valence-electron chi connectivity index (χ2n) is 6.10. The van der Waals surface area contributed by atoms with E-state index in [4.69, 9.17) is 4.98 Å². The van der Waals surface area contributed by atoms with Gasteiger partial charge in [0.2, 0.25) is 0 Å². The van der Waals surface area contributed by atoms with Crippen molar-refractivity contribution in [1.82, 2.24) is 9.88 Å². The second-order valence-corrected chi connectivity index (χ2v) is 6.10. The number of nitrogens with one attached hydrogen (secondary N) is 1. The van der Waals surface area contributed by atoms with E-state index in [1.165, 1.54) is 25.8 Å². The third-order valence-electron chi connectivity index (χ3n) is 4.76. The molecule has 2 saturated heterocycles. The van der Waals surface area contributed by atoms with Crippen LogP contribution < -0.4 is 10.2 Å². The summed E-state index contributed by atoms with van der Waals surface area (Å²) < 4.78 is 0. The van der Waals surface area contributed by atoms with Crippen molar-refractivity contribution in [3.8, 4) is 0 Å². The summed E-state index contributed by atoms with van der Waals surface area (Å²) in [5.74, 6) is 2.94. The minimum atomic E-state index is 0.789. The molecule has 0 aromatic carbocycles. The van der Waals surface area contributed by atoms with Crippen LogP contribution in [0.1, 0.15) is 26.2 Å². The van der Waals surface area contributed by atoms with Crippen LogP contribution in [0.25, 0.3) is 0 Å². The minimum Gasteiger partial charge on any atom is -0.370 e. The van der Waals surface area contributed by atoms with Gasteiger partial charge in [-0.25, -0.2) is 4.98 Å². The van der Waals surface area contributed by atoms with Gasteiger partial charge in [-0.05, 0) is 57.8 Å². The van der Waals surface area contributed by atoms with Crippen LogP contribution in [0, 0.1) is 5.92 Å². The van der Waals surface area contributed by atoms with E-state index in [1.807, 2.05) is 6.07 Å². The van der Waals surface area contributed by atoms with Crippen LogP contribution >= 0.6 is 0 Å². The zero-order chi connectivity index (χ0) is 13.9. The summed E-state index contributed by atoms with van der Waals surface area (Å²) in [6.45, 7) is 6.60. The molecule has 0 bridgehead atoms. The number of piperidine rings is 2. The van der Waals surface area contributed by atoms with Crippen molar-refractivity contribution in [2.45, 2.75) is 32.2 Å². The van der Waals surface area contributed by atoms with Gasteiger partial charge in [0.1, 0.15) is 11.6 Å². The smallest absolute Gasteiger partial charge is 0.130 e. The highest BCUT2D eigenvalue weighted by atomic mass is 15.2. The summed E-state index contributed by atoms with van der Waals surface area (Å²) in [7, 11) is 2.29. The molecule has 4 nitrogen and oxygen atoms in total. The number of hydrogen-bond donors (Lipinski definition) is 1. The summed E-state index contributed by atoms with van der Waals surface area (Å²) in [6, 6.07) is 7.10. The molecule has 0 radical (unpaired) electrons. The first-order valence-electron chi connectivity index (χ1n) is 7.94. The van der Waals surface area contributed by atoms with Crippen molar-refractivity contribution < 1.29 is 0 Å². The fourth-order valence-corrected chi connectivity index (χ4v) is 3.74. The molecular formula is C16H26N4. The normalized spacial score (nSPS) is 27.2. The first-order chi connectivity index (χ1) is 9.78. The van der Waals surface area contributed by atoms with Crippen molar-refractivity contribution in [3.05, 3.63) is 18.2 Å². The maximum Gasteiger partial charge on any atom is 0.130 e. The van der Waals surface area contributed by atoms with Gasteiger partial charge in [0.25, 0.3) is 0 Å². The topological polar surface area (TPSA) is 31.4 Å². The van der Waals surface area contributed by atoms with Gasteiger partial charge in [0, 0.05) is 25.7 Å². The third kappa shape index (κ3) is 2.75. The Morgan fingerprint density at radius 2 is 2.20 bits per heavy atom. The lowest BCUT2D eigenvalue weighted by Gasteiger charge is -2.46. The standard InChI is InChI=1S/C16H26N4/c1-3-17-15-7-4-8-16(18-15)20-11-9-14-13(12-20)6-5-10-19(14)2/h4,7-8,13-14H,3,5-6,9-12H2,1-2H3,(H,17,18). The first-order valence-corrected chi connectivity index (χ1v) is 7.94. The van der Waals surface area contributed by atoms with Gasteiger partial charge in [0.05, 0.1) is 0 Å². The minimum absolute atomic E-state index is 0.789. The number of nitrogens with zero attached hydrogens (tertiary/aromatic N) is 3. The van der Waals surface area contributed by atoms with Gasteiger partial charge >= 0.3 is 0 Å². The predicted octanol–water partition coefficient (Wildman–Crippen LogP) is 2.43. The summed E-state index contributed by atoms with van der Waals surface area (Å²) in [6.07, 6.45) is 3.99. The zero-order valence-corrected chi connectivity index (χ0v) is 12.7. The molecule has 110 valence electrons. The van der Waals surface area contributed by atoms with E-state index in [2.05, 4.69) is 41.2 Å². The molecule has 1 N–H and O–H groups in total. The molecule has 0 spiro atoms. The molecule has 3 heterocycles. The van der Waals surface area contributed by atoms with Crippen LogP contribution in [0.3, 0.4) is 0 Å². The highest BCUT2D eigenvalue weighted by Gasteiger charge is 2.34. The van der Waals surface area contributed by atoms with Crippen LogP contribution in [0.5, 0.6) is 0 Å². The Morgan fingerprint density at radius 3 is 3.05 bits per heavy atom. The SMILES string of the molecule is CCNc1cccc(N2CCC3C(CCCN3C)C2)n1. The van der Waals surface area contributed by atoms with Crippen LogP contribution in [-0.2, 0) is 0 Å². The maximum atomic E-state index is 4.74. The molecule has 2 aliphatic heterocycles. The number of likely N-dealkylation sites (tertiary alicyclic amines) is 1. The number of rotatable bonds is 3. The van der Waals surface area contributed by atoms with Crippen molar-refractivity contribution in [2.75, 3.05) is 43.4 Å². The maximum absolute atomic E-state index is 4.74. The molecular weight excluding hydrogens is 248 g/mol. The molecule has 0 aliphatic carbocycles. The summed E-state index contributed by atoms with van der Waals surface area (Å²) in [5, 5.41) is 3.30. The van der Waals surface area contributed by atoms with Crippen LogP contribution in [-0.4, -0.2) is 49.2 Å². The molecule has 2 aliphatic rings. The van der Waals surface area contributed by atoms with Gasteiger partial charge < -0.3 is 15.1 Å². The molecule has 3 rings (SSSR count). The second kappa shape index (κ2) is 6.00. The first kappa shape index (κ1) is 13.7. The van der Waals surface area contributed by atoms with Crippen LogP contribution in [0.15, 0.2) is 18.2 Å². The molecule has 0 saturated carbocycles. The van der Waals surface area contributed by atoms with Crippen molar-refractivity contribution in [2.24, 2.45) is 5.92 Å².